The van der Waals surface area contributed by atoms with Crippen LogP contribution >= 0.6 is 11.6 Å². The normalized spacial score (nSPS) is 14.3. The number of carbonyl (C=O) groups is 2. The summed E-state index contributed by atoms with van der Waals surface area (Å²) in [5, 5.41) is 6.89. The van der Waals surface area contributed by atoms with Crippen LogP contribution in [0.15, 0.2) is 91.0 Å². The zero-order valence-corrected chi connectivity index (χ0v) is 22.4. The molecule has 0 saturated carbocycles. The average Bonchev–Trinajstić information content (AvgIpc) is 2.94. The molecule has 0 bridgehead atoms. The summed E-state index contributed by atoms with van der Waals surface area (Å²) in [6.45, 7) is 2.05. The number of halogens is 1. The van der Waals surface area contributed by atoms with E-state index in [1.165, 1.54) is 6.92 Å². The Morgan fingerprint density at radius 2 is 1.72 bits per heavy atom. The lowest BCUT2D eigenvalue weighted by Crippen LogP contribution is -2.42. The number of hydrogen-bond acceptors (Lipinski definition) is 5. The minimum atomic E-state index is -0.440. The highest BCUT2D eigenvalue weighted by atomic mass is 35.5. The number of methoxy groups -OCH3 is 1. The summed E-state index contributed by atoms with van der Waals surface area (Å²) in [6.07, 6.45) is -0.440. The number of hydrogen-bond donors (Lipinski definition) is 2. The maximum absolute atomic E-state index is 13.7. The quantitative estimate of drug-likeness (QED) is 0.261. The summed E-state index contributed by atoms with van der Waals surface area (Å²) in [7, 11) is 1.61. The molecule has 1 aliphatic heterocycles. The monoisotopic (exact) mass is 541 g/mol. The molecule has 0 radical (unpaired) electrons. The number of para-hydroxylation sites is 1. The fourth-order valence-electron chi connectivity index (χ4n) is 4.61. The van der Waals surface area contributed by atoms with Crippen molar-refractivity contribution in [2.24, 2.45) is 0 Å². The van der Waals surface area contributed by atoms with E-state index in [0.717, 1.165) is 22.4 Å². The molecule has 7 nitrogen and oxygen atoms in total. The Morgan fingerprint density at radius 3 is 2.46 bits per heavy atom. The number of nitrogens with zero attached hydrogens (tertiary/aromatic N) is 1. The molecule has 2 N–H and O–H groups in total. The molecule has 0 aliphatic carbocycles. The molecule has 8 heteroatoms. The van der Waals surface area contributed by atoms with Crippen LogP contribution in [0.2, 0.25) is 5.02 Å². The van der Waals surface area contributed by atoms with E-state index in [-0.39, 0.29) is 18.4 Å². The zero-order valence-electron chi connectivity index (χ0n) is 21.6. The summed E-state index contributed by atoms with van der Waals surface area (Å²) < 4.78 is 11.7. The van der Waals surface area contributed by atoms with Crippen molar-refractivity contribution in [1.29, 1.82) is 0 Å². The summed E-state index contributed by atoms with van der Waals surface area (Å²) >= 11 is 6.47. The SMILES string of the molecule is COc1ccc(C2Nc3ccccc3C(=O)N2Cc2ccccc2Cl)cc1COc1ccc(NC(C)=O)cc1. The van der Waals surface area contributed by atoms with Crippen molar-refractivity contribution in [3.63, 3.8) is 0 Å². The summed E-state index contributed by atoms with van der Waals surface area (Å²) in [6, 6.07) is 28.0. The third-order valence-corrected chi connectivity index (χ3v) is 6.88. The number of amides is 2. The van der Waals surface area contributed by atoms with Crippen molar-refractivity contribution in [2.45, 2.75) is 26.2 Å². The van der Waals surface area contributed by atoms with Crippen molar-refractivity contribution in [3.05, 3.63) is 118 Å². The van der Waals surface area contributed by atoms with Crippen LogP contribution in [0.3, 0.4) is 0 Å². The van der Waals surface area contributed by atoms with Crippen molar-refractivity contribution in [2.75, 3.05) is 17.7 Å². The lowest BCUT2D eigenvalue weighted by Gasteiger charge is -2.38. The van der Waals surface area contributed by atoms with Gasteiger partial charge in [-0.3, -0.25) is 9.59 Å². The van der Waals surface area contributed by atoms with E-state index in [1.807, 2.05) is 66.7 Å². The lowest BCUT2D eigenvalue weighted by atomic mass is 10.0. The number of fused-ring (bicyclic) bond motifs is 1. The molecule has 198 valence electrons. The molecule has 5 rings (SSSR count). The Hall–Kier alpha value is -4.49. The van der Waals surface area contributed by atoms with Gasteiger partial charge in [0.15, 0.2) is 0 Å². The van der Waals surface area contributed by atoms with E-state index >= 15 is 0 Å². The Labute approximate surface area is 232 Å². The van der Waals surface area contributed by atoms with E-state index in [4.69, 9.17) is 21.1 Å². The molecule has 1 heterocycles. The zero-order chi connectivity index (χ0) is 27.4. The number of benzene rings is 4. The van der Waals surface area contributed by atoms with Gasteiger partial charge in [0.25, 0.3) is 5.91 Å². The van der Waals surface area contributed by atoms with Gasteiger partial charge in [0, 0.05) is 35.4 Å². The second-order valence-corrected chi connectivity index (χ2v) is 9.59. The van der Waals surface area contributed by atoms with Gasteiger partial charge < -0.3 is 25.0 Å². The van der Waals surface area contributed by atoms with Crippen LogP contribution in [0.4, 0.5) is 11.4 Å². The van der Waals surface area contributed by atoms with Gasteiger partial charge >= 0.3 is 0 Å². The van der Waals surface area contributed by atoms with Crippen molar-refractivity contribution in [1.82, 2.24) is 4.90 Å². The van der Waals surface area contributed by atoms with Crippen LogP contribution < -0.4 is 20.1 Å². The van der Waals surface area contributed by atoms with Crippen LogP contribution in [-0.2, 0) is 17.9 Å². The summed E-state index contributed by atoms with van der Waals surface area (Å²) in [5.74, 6) is 1.11. The smallest absolute Gasteiger partial charge is 0.258 e. The van der Waals surface area contributed by atoms with Gasteiger partial charge in [0.05, 0.1) is 12.7 Å². The molecule has 2 amide bonds. The van der Waals surface area contributed by atoms with E-state index in [9.17, 15) is 9.59 Å². The first-order valence-electron chi connectivity index (χ1n) is 12.5. The highest BCUT2D eigenvalue weighted by Gasteiger charge is 2.33. The number of rotatable bonds is 8. The number of anilines is 2. The first-order chi connectivity index (χ1) is 18.9. The fraction of sp³-hybridized carbons (Fsp3) is 0.161. The highest BCUT2D eigenvalue weighted by Crippen LogP contribution is 2.36. The Kier molecular flexibility index (Phi) is 7.70. The highest BCUT2D eigenvalue weighted by molar-refractivity contribution is 6.31. The summed E-state index contributed by atoms with van der Waals surface area (Å²) in [4.78, 5) is 26.8. The van der Waals surface area contributed by atoms with Crippen LogP contribution in [0, 0.1) is 0 Å². The Morgan fingerprint density at radius 1 is 0.974 bits per heavy atom. The van der Waals surface area contributed by atoms with Crippen LogP contribution in [0.5, 0.6) is 11.5 Å². The molecule has 0 fully saturated rings. The van der Waals surface area contributed by atoms with Gasteiger partial charge in [0.1, 0.15) is 24.3 Å². The first-order valence-corrected chi connectivity index (χ1v) is 12.9. The van der Waals surface area contributed by atoms with E-state index in [0.29, 0.717) is 34.3 Å². The molecule has 4 aromatic carbocycles. The lowest BCUT2D eigenvalue weighted by molar-refractivity contribution is -0.114. The average molecular weight is 542 g/mol. The minimum Gasteiger partial charge on any atom is -0.496 e. The van der Waals surface area contributed by atoms with Gasteiger partial charge in [-0.1, -0.05) is 48.0 Å². The molecule has 1 unspecified atom stereocenters. The standard InChI is InChI=1S/C31H28ClN3O4/c1-20(36)33-24-12-14-25(15-13-24)39-19-23-17-21(11-16-29(23)38-2)30-34-28-10-6-4-8-26(28)31(37)35(30)18-22-7-3-5-9-27(22)32/h3-17,30,34H,18-19H2,1-2H3,(H,33,36). The Bertz CT molecular complexity index is 1510. The van der Waals surface area contributed by atoms with Crippen LogP contribution in [-0.4, -0.2) is 23.8 Å². The maximum atomic E-state index is 13.7. The minimum absolute atomic E-state index is 0.0813. The Balaban J connectivity index is 1.44. The van der Waals surface area contributed by atoms with Gasteiger partial charge in [-0.05, 0) is 65.7 Å². The number of carbonyl (C=O) groups excluding carboxylic acids is 2. The second kappa shape index (κ2) is 11.5. The van der Waals surface area contributed by atoms with Crippen molar-refractivity contribution >= 4 is 34.8 Å². The second-order valence-electron chi connectivity index (χ2n) is 9.18. The third kappa shape index (κ3) is 5.84. The topological polar surface area (TPSA) is 79.9 Å². The molecule has 0 spiro atoms. The summed E-state index contributed by atoms with van der Waals surface area (Å²) in [5.41, 5.74) is 4.65. The van der Waals surface area contributed by atoms with Gasteiger partial charge in [0.2, 0.25) is 5.91 Å². The number of nitrogens with one attached hydrogen (secondary N) is 2. The van der Waals surface area contributed by atoms with Crippen LogP contribution in [0.1, 0.15) is 40.1 Å². The molecule has 0 saturated heterocycles. The predicted octanol–water partition coefficient (Wildman–Crippen LogP) is 6.65. The van der Waals surface area contributed by atoms with E-state index < -0.39 is 6.17 Å². The molecule has 39 heavy (non-hydrogen) atoms. The molecule has 1 aliphatic rings. The van der Waals surface area contributed by atoms with Gasteiger partial charge in [-0.15, -0.1) is 0 Å². The predicted molar refractivity (Wildman–Crippen MR) is 152 cm³/mol. The molecule has 0 aromatic heterocycles. The van der Waals surface area contributed by atoms with E-state index in [1.54, 1.807) is 36.3 Å². The molecule has 4 aromatic rings. The maximum Gasteiger partial charge on any atom is 0.258 e. The van der Waals surface area contributed by atoms with E-state index in [2.05, 4.69) is 10.6 Å². The molecular weight excluding hydrogens is 514 g/mol. The van der Waals surface area contributed by atoms with Crippen molar-refractivity contribution in [3.8, 4) is 11.5 Å². The number of ether oxygens (including phenoxy) is 2. The first kappa shape index (κ1) is 26.1. The molecule has 1 atom stereocenters. The van der Waals surface area contributed by atoms with Gasteiger partial charge in [-0.2, -0.15) is 0 Å². The largest absolute Gasteiger partial charge is 0.496 e. The molecular formula is C31H28ClN3O4. The third-order valence-electron chi connectivity index (χ3n) is 6.51. The van der Waals surface area contributed by atoms with Gasteiger partial charge in [-0.25, -0.2) is 0 Å². The fourth-order valence-corrected chi connectivity index (χ4v) is 4.80. The van der Waals surface area contributed by atoms with Crippen molar-refractivity contribution < 1.29 is 19.1 Å². The van der Waals surface area contributed by atoms with Crippen LogP contribution in [0.25, 0.3) is 0 Å².